The monoisotopic (exact) mass is 415 g/mol. The summed E-state index contributed by atoms with van der Waals surface area (Å²) < 4.78 is 38.1. The quantitative estimate of drug-likeness (QED) is 0.658. The van der Waals surface area contributed by atoms with Crippen LogP contribution < -0.4 is 0 Å². The van der Waals surface area contributed by atoms with Crippen LogP contribution in [0.5, 0.6) is 0 Å². The second-order valence-corrected chi connectivity index (χ2v) is 10.1. The molecule has 5 nitrogen and oxygen atoms in total. The SMILES string of the molecule is CC.CO[C@H]1CCCCC1S(=O)(=O)c1c(Cl)ccc2nc(C(C)(C)C)oc12. The van der Waals surface area contributed by atoms with Crippen LogP contribution in [0.1, 0.15) is 66.2 Å². The van der Waals surface area contributed by atoms with E-state index in [2.05, 4.69) is 4.98 Å². The molecule has 0 radical (unpaired) electrons. The highest BCUT2D eigenvalue weighted by Crippen LogP contribution is 2.39. The van der Waals surface area contributed by atoms with Gasteiger partial charge in [0, 0.05) is 12.5 Å². The fourth-order valence-electron chi connectivity index (χ4n) is 3.37. The molecule has 1 aliphatic rings. The predicted molar refractivity (Wildman–Crippen MR) is 109 cm³/mol. The van der Waals surface area contributed by atoms with Gasteiger partial charge in [-0.3, -0.25) is 0 Å². The lowest BCUT2D eigenvalue weighted by Crippen LogP contribution is -2.38. The van der Waals surface area contributed by atoms with Gasteiger partial charge >= 0.3 is 0 Å². The Balaban J connectivity index is 0.00000126. The average molecular weight is 416 g/mol. The van der Waals surface area contributed by atoms with Gasteiger partial charge in [0.1, 0.15) is 10.4 Å². The third-order valence-electron chi connectivity index (χ3n) is 4.73. The van der Waals surface area contributed by atoms with Crippen LogP contribution in [0.2, 0.25) is 5.02 Å². The van der Waals surface area contributed by atoms with Crippen LogP contribution in [0.3, 0.4) is 0 Å². The number of sulfone groups is 1. The lowest BCUT2D eigenvalue weighted by Gasteiger charge is -2.30. The van der Waals surface area contributed by atoms with Crippen LogP contribution in [0.4, 0.5) is 0 Å². The van der Waals surface area contributed by atoms with E-state index in [0.29, 0.717) is 17.8 Å². The Morgan fingerprint density at radius 2 is 1.81 bits per heavy atom. The zero-order chi connectivity index (χ0) is 20.4. The van der Waals surface area contributed by atoms with Crippen molar-refractivity contribution in [3.05, 3.63) is 23.0 Å². The molecule has 0 spiro atoms. The van der Waals surface area contributed by atoms with E-state index in [1.807, 2.05) is 34.6 Å². The summed E-state index contributed by atoms with van der Waals surface area (Å²) in [6.45, 7) is 9.90. The second-order valence-electron chi connectivity index (χ2n) is 7.64. The molecule has 3 rings (SSSR count). The van der Waals surface area contributed by atoms with Crippen LogP contribution in [0.25, 0.3) is 11.1 Å². The molecule has 0 bridgehead atoms. The number of oxazole rings is 1. The Hall–Kier alpha value is -1.11. The number of ether oxygens (including phenoxy) is 1. The summed E-state index contributed by atoms with van der Waals surface area (Å²) in [7, 11) is -2.14. The van der Waals surface area contributed by atoms with Gasteiger partial charge in [-0.1, -0.05) is 59.1 Å². The van der Waals surface area contributed by atoms with Gasteiger partial charge in [0.15, 0.2) is 15.4 Å². The molecule has 1 aromatic carbocycles. The Kier molecular flexibility index (Phi) is 6.98. The lowest BCUT2D eigenvalue weighted by molar-refractivity contribution is 0.0738. The topological polar surface area (TPSA) is 69.4 Å². The van der Waals surface area contributed by atoms with E-state index in [4.69, 9.17) is 20.8 Å². The molecule has 2 aromatic rings. The zero-order valence-electron chi connectivity index (χ0n) is 17.0. The van der Waals surface area contributed by atoms with Gasteiger partial charge in [-0.05, 0) is 25.0 Å². The first-order valence-corrected chi connectivity index (χ1v) is 11.4. The maximum absolute atomic E-state index is 13.4. The molecule has 1 heterocycles. The van der Waals surface area contributed by atoms with E-state index in [0.717, 1.165) is 19.3 Å². The molecule has 0 aliphatic heterocycles. The second kappa shape index (κ2) is 8.50. The van der Waals surface area contributed by atoms with Crippen LogP contribution in [-0.4, -0.2) is 31.9 Å². The highest BCUT2D eigenvalue weighted by atomic mass is 35.5. The summed E-state index contributed by atoms with van der Waals surface area (Å²) in [5, 5.41) is -0.443. The standard InChI is InChI=1S/C18H24ClNO4S.C2H6/c1-18(2,3)17-20-12-10-9-11(19)16(15(12)24-17)25(21,22)14-8-6-5-7-13(14)23-4;1-2/h9-10,13-14H,5-8H2,1-4H3;1-2H3/t13-,14?;/m0./s1. The third-order valence-corrected chi connectivity index (χ3v) is 7.47. The van der Waals surface area contributed by atoms with E-state index in [-0.39, 0.29) is 27.0 Å². The van der Waals surface area contributed by atoms with E-state index in [1.165, 1.54) is 0 Å². The minimum atomic E-state index is -3.70. The fourth-order valence-corrected chi connectivity index (χ4v) is 6.01. The number of rotatable bonds is 3. The number of methoxy groups -OCH3 is 1. The van der Waals surface area contributed by atoms with Crippen molar-refractivity contribution >= 4 is 32.5 Å². The van der Waals surface area contributed by atoms with Gasteiger partial charge in [0.2, 0.25) is 5.89 Å². The van der Waals surface area contributed by atoms with Crippen LogP contribution in [-0.2, 0) is 20.0 Å². The van der Waals surface area contributed by atoms with Crippen molar-refractivity contribution in [1.82, 2.24) is 4.98 Å². The summed E-state index contributed by atoms with van der Waals surface area (Å²) in [5.74, 6) is 0.494. The molecule has 2 atom stereocenters. The molecule has 1 saturated carbocycles. The van der Waals surface area contributed by atoms with Gasteiger partial charge in [-0.25, -0.2) is 13.4 Å². The zero-order valence-corrected chi connectivity index (χ0v) is 18.6. The van der Waals surface area contributed by atoms with Crippen molar-refractivity contribution in [2.45, 2.75) is 82.0 Å². The minimum absolute atomic E-state index is 0.0450. The number of aromatic nitrogens is 1. The van der Waals surface area contributed by atoms with Crippen molar-refractivity contribution in [3.8, 4) is 0 Å². The van der Waals surface area contributed by atoms with Crippen molar-refractivity contribution in [2.75, 3.05) is 7.11 Å². The van der Waals surface area contributed by atoms with E-state index in [9.17, 15) is 8.42 Å². The number of hydrogen-bond donors (Lipinski definition) is 0. The number of hydrogen-bond acceptors (Lipinski definition) is 5. The fraction of sp³-hybridized carbons (Fsp3) is 0.650. The van der Waals surface area contributed by atoms with Crippen molar-refractivity contribution < 1.29 is 17.6 Å². The average Bonchev–Trinajstić information content (AvgIpc) is 3.07. The van der Waals surface area contributed by atoms with Gasteiger partial charge < -0.3 is 9.15 Å². The van der Waals surface area contributed by atoms with Crippen molar-refractivity contribution in [1.29, 1.82) is 0 Å². The highest BCUT2D eigenvalue weighted by Gasteiger charge is 2.40. The number of benzene rings is 1. The van der Waals surface area contributed by atoms with Crippen LogP contribution in [0.15, 0.2) is 21.4 Å². The Morgan fingerprint density at radius 3 is 2.41 bits per heavy atom. The summed E-state index contributed by atoms with van der Waals surface area (Å²) in [6.07, 6.45) is 2.81. The lowest BCUT2D eigenvalue weighted by atomic mass is 9.97. The molecule has 0 amide bonds. The Morgan fingerprint density at radius 1 is 1.19 bits per heavy atom. The van der Waals surface area contributed by atoms with E-state index < -0.39 is 15.1 Å². The maximum Gasteiger partial charge on any atom is 0.200 e. The summed E-state index contributed by atoms with van der Waals surface area (Å²) >= 11 is 6.31. The van der Waals surface area contributed by atoms with Crippen LogP contribution >= 0.6 is 11.6 Å². The number of halogens is 1. The molecule has 1 fully saturated rings. The first kappa shape index (κ1) is 22.2. The van der Waals surface area contributed by atoms with Gasteiger partial charge in [-0.15, -0.1) is 0 Å². The van der Waals surface area contributed by atoms with Crippen LogP contribution in [0, 0.1) is 0 Å². The molecule has 27 heavy (non-hydrogen) atoms. The molecule has 0 saturated heterocycles. The smallest absolute Gasteiger partial charge is 0.200 e. The molecule has 1 aromatic heterocycles. The molecule has 7 heteroatoms. The molecular weight excluding hydrogens is 386 g/mol. The third kappa shape index (κ3) is 4.33. The Labute approximate surface area is 167 Å². The number of fused-ring (bicyclic) bond motifs is 1. The van der Waals surface area contributed by atoms with Gasteiger partial charge in [-0.2, -0.15) is 0 Å². The molecule has 152 valence electrons. The summed E-state index contributed by atoms with van der Waals surface area (Å²) in [5.41, 5.74) is 0.433. The van der Waals surface area contributed by atoms with Crippen molar-refractivity contribution in [2.24, 2.45) is 0 Å². The number of nitrogens with zero attached hydrogens (tertiary/aromatic N) is 1. The summed E-state index contributed by atoms with van der Waals surface area (Å²) in [4.78, 5) is 4.51. The largest absolute Gasteiger partial charge is 0.439 e. The van der Waals surface area contributed by atoms with Crippen molar-refractivity contribution in [3.63, 3.8) is 0 Å². The first-order chi connectivity index (χ1) is 12.7. The van der Waals surface area contributed by atoms with E-state index >= 15 is 0 Å². The molecule has 0 N–H and O–H groups in total. The van der Waals surface area contributed by atoms with E-state index in [1.54, 1.807) is 19.2 Å². The minimum Gasteiger partial charge on any atom is -0.439 e. The van der Waals surface area contributed by atoms with Gasteiger partial charge in [0.25, 0.3) is 0 Å². The summed E-state index contributed by atoms with van der Waals surface area (Å²) in [6, 6.07) is 3.28. The Bertz CT molecular complexity index is 883. The van der Waals surface area contributed by atoms with Gasteiger partial charge in [0.05, 0.1) is 16.4 Å². The highest BCUT2D eigenvalue weighted by molar-refractivity contribution is 7.92. The predicted octanol–water partition coefficient (Wildman–Crippen LogP) is 5.54. The normalized spacial score (nSPS) is 21.0. The molecular formula is C20H30ClNO4S. The maximum atomic E-state index is 13.4. The molecule has 1 aliphatic carbocycles. The first-order valence-electron chi connectivity index (χ1n) is 9.52. The molecule has 1 unspecified atom stereocenters.